The van der Waals surface area contributed by atoms with Crippen LogP contribution in [0.5, 0.6) is 0 Å². The molecule has 8 heteroatoms. The normalized spacial score (nSPS) is 13.6. The summed E-state index contributed by atoms with van der Waals surface area (Å²) in [7, 11) is 0. The van der Waals surface area contributed by atoms with E-state index in [0.717, 1.165) is 48.0 Å². The van der Waals surface area contributed by atoms with Gasteiger partial charge in [0.2, 0.25) is 0 Å². The second kappa shape index (κ2) is 8.00. The van der Waals surface area contributed by atoms with Crippen molar-refractivity contribution < 1.29 is 4.79 Å². The van der Waals surface area contributed by atoms with Crippen LogP contribution in [0.2, 0.25) is 5.02 Å². The van der Waals surface area contributed by atoms with E-state index in [1.807, 2.05) is 16.7 Å². The lowest BCUT2D eigenvalue weighted by atomic mass is 10.1. The lowest BCUT2D eigenvalue weighted by Crippen LogP contribution is -2.32. The smallest absolute Gasteiger partial charge is 0.311 e. The molecule has 156 valence electrons. The molecule has 0 radical (unpaired) electrons. The molecule has 0 bridgehead atoms. The molecule has 0 saturated carbocycles. The van der Waals surface area contributed by atoms with E-state index >= 15 is 0 Å². The first-order valence-corrected chi connectivity index (χ1v) is 10.6. The van der Waals surface area contributed by atoms with Crippen LogP contribution >= 0.6 is 11.6 Å². The van der Waals surface area contributed by atoms with Gasteiger partial charge in [0.05, 0.1) is 11.1 Å². The Balaban J connectivity index is 1.67. The number of para-hydroxylation sites is 1. The zero-order chi connectivity index (χ0) is 21.4. The average Bonchev–Trinajstić information content (AvgIpc) is 3.00. The van der Waals surface area contributed by atoms with Crippen LogP contribution in [0.3, 0.4) is 0 Å². The Kier molecular flexibility index (Phi) is 5.03. The number of rotatable bonds is 2. The summed E-state index contributed by atoms with van der Waals surface area (Å²) in [4.78, 5) is 26.7. The quantitative estimate of drug-likeness (QED) is 0.496. The van der Waals surface area contributed by atoms with E-state index in [0.29, 0.717) is 27.6 Å². The summed E-state index contributed by atoms with van der Waals surface area (Å²) in [6.45, 7) is 0.763. The largest absolute Gasteiger partial charge is 0.333 e. The third kappa shape index (κ3) is 3.61. The topological polar surface area (TPSA) is 81.8 Å². The number of carbonyl (C=O) groups is 1. The Bertz CT molecular complexity index is 1360. The monoisotopic (exact) mass is 433 g/mol. The molecule has 2 aromatic carbocycles. The van der Waals surface area contributed by atoms with E-state index in [9.17, 15) is 9.59 Å². The number of hydrogen-bond acceptors (Lipinski definition) is 4. The van der Waals surface area contributed by atoms with Gasteiger partial charge in [0, 0.05) is 23.7 Å². The fourth-order valence-electron chi connectivity index (χ4n) is 4.05. The molecule has 3 heterocycles. The van der Waals surface area contributed by atoms with Gasteiger partial charge >= 0.3 is 6.03 Å². The van der Waals surface area contributed by atoms with Gasteiger partial charge < -0.3 is 9.88 Å². The van der Waals surface area contributed by atoms with Gasteiger partial charge in [0.1, 0.15) is 5.82 Å². The van der Waals surface area contributed by atoms with Crippen molar-refractivity contribution in [2.45, 2.75) is 32.2 Å². The molecular weight excluding hydrogens is 414 g/mol. The minimum Gasteiger partial charge on any atom is -0.311 e. The van der Waals surface area contributed by atoms with Gasteiger partial charge in [-0.2, -0.15) is 0 Å². The highest BCUT2D eigenvalue weighted by Crippen LogP contribution is 2.24. The molecule has 5 rings (SSSR count). The van der Waals surface area contributed by atoms with Crippen molar-refractivity contribution in [2.24, 2.45) is 0 Å². The minimum atomic E-state index is -0.555. The number of fused-ring (bicyclic) bond motifs is 2. The highest BCUT2D eigenvalue weighted by atomic mass is 35.5. The Morgan fingerprint density at radius 1 is 1.00 bits per heavy atom. The molecule has 0 aliphatic carbocycles. The van der Waals surface area contributed by atoms with Gasteiger partial charge in [-0.05, 0) is 48.6 Å². The zero-order valence-corrected chi connectivity index (χ0v) is 17.5. The van der Waals surface area contributed by atoms with E-state index in [2.05, 4.69) is 15.5 Å². The Labute approximate surface area is 183 Å². The maximum atomic E-state index is 13.5. The zero-order valence-electron chi connectivity index (χ0n) is 16.7. The number of aromatic nitrogens is 4. The molecule has 7 nitrogen and oxygen atoms in total. The summed E-state index contributed by atoms with van der Waals surface area (Å²) in [5.74, 6) is 1.40. The molecule has 4 aromatic rings. The first kappa shape index (κ1) is 19.5. The standard InChI is InChI=1S/C23H20ClN5O2/c24-16-8-6-9-17(14-16)25-23(31)29-19-10-4-3-7-15(19)13-18(22(29)30)21-27-26-20-11-2-1-5-12-28(20)21/h3-4,6-10,13-14H,1-2,5,11-12H2,(H,25,31). The third-order valence-corrected chi connectivity index (χ3v) is 5.78. The number of anilines is 1. The van der Waals surface area contributed by atoms with Crippen LogP contribution in [0.25, 0.3) is 22.3 Å². The van der Waals surface area contributed by atoms with Crippen LogP contribution in [-0.4, -0.2) is 25.4 Å². The average molecular weight is 434 g/mol. The van der Waals surface area contributed by atoms with Gasteiger partial charge in [-0.25, -0.2) is 9.36 Å². The molecule has 0 saturated heterocycles. The Morgan fingerprint density at radius 3 is 2.74 bits per heavy atom. The van der Waals surface area contributed by atoms with Crippen LogP contribution in [0.4, 0.5) is 10.5 Å². The van der Waals surface area contributed by atoms with Crippen LogP contribution < -0.4 is 10.9 Å². The van der Waals surface area contributed by atoms with Crippen molar-refractivity contribution in [3.05, 3.63) is 75.8 Å². The van der Waals surface area contributed by atoms with E-state index in [-0.39, 0.29) is 0 Å². The van der Waals surface area contributed by atoms with E-state index in [1.54, 1.807) is 42.5 Å². The highest BCUT2D eigenvalue weighted by Gasteiger charge is 2.22. The Hall–Kier alpha value is -3.45. The van der Waals surface area contributed by atoms with Crippen molar-refractivity contribution >= 4 is 34.2 Å². The fourth-order valence-corrected chi connectivity index (χ4v) is 4.24. The molecule has 0 fully saturated rings. The number of amides is 1. The van der Waals surface area contributed by atoms with Crippen molar-refractivity contribution in [3.8, 4) is 11.4 Å². The molecule has 1 aliphatic rings. The molecule has 0 atom stereocenters. The van der Waals surface area contributed by atoms with Crippen LogP contribution in [-0.2, 0) is 13.0 Å². The van der Waals surface area contributed by atoms with Gasteiger partial charge in [-0.3, -0.25) is 4.79 Å². The molecule has 2 aromatic heterocycles. The van der Waals surface area contributed by atoms with E-state index in [4.69, 9.17) is 11.6 Å². The molecular formula is C23H20ClN5O2. The predicted molar refractivity (Wildman–Crippen MR) is 121 cm³/mol. The molecule has 1 N–H and O–H groups in total. The number of benzene rings is 2. The van der Waals surface area contributed by atoms with Crippen molar-refractivity contribution in [2.75, 3.05) is 5.32 Å². The van der Waals surface area contributed by atoms with Crippen LogP contribution in [0.1, 0.15) is 25.1 Å². The van der Waals surface area contributed by atoms with Gasteiger partial charge in [-0.1, -0.05) is 42.3 Å². The van der Waals surface area contributed by atoms with Crippen molar-refractivity contribution in [3.63, 3.8) is 0 Å². The van der Waals surface area contributed by atoms with Crippen LogP contribution in [0, 0.1) is 0 Å². The predicted octanol–water partition coefficient (Wildman–Crippen LogP) is 4.72. The number of nitrogens with zero attached hydrogens (tertiary/aromatic N) is 4. The Morgan fingerprint density at radius 2 is 1.87 bits per heavy atom. The summed E-state index contributed by atoms with van der Waals surface area (Å²) in [5, 5.41) is 12.7. The van der Waals surface area contributed by atoms with Gasteiger partial charge in [0.15, 0.2) is 5.82 Å². The minimum absolute atomic E-state index is 0.362. The molecule has 1 amide bonds. The SMILES string of the molecule is O=C(Nc1cccc(Cl)c1)n1c(=O)c(-c2nnc3n2CCCCC3)cc2ccccc21. The summed E-state index contributed by atoms with van der Waals surface area (Å²) in [6.07, 6.45) is 4.02. The molecule has 0 spiro atoms. The summed E-state index contributed by atoms with van der Waals surface area (Å²) in [6, 6.07) is 15.4. The van der Waals surface area contributed by atoms with E-state index < -0.39 is 11.6 Å². The summed E-state index contributed by atoms with van der Waals surface area (Å²) < 4.78 is 3.17. The first-order valence-electron chi connectivity index (χ1n) is 10.3. The lowest BCUT2D eigenvalue weighted by Gasteiger charge is -2.13. The first-order chi connectivity index (χ1) is 15.1. The number of aryl methyl sites for hydroxylation is 1. The lowest BCUT2D eigenvalue weighted by molar-refractivity contribution is 0.253. The molecule has 1 aliphatic heterocycles. The summed E-state index contributed by atoms with van der Waals surface area (Å²) in [5.41, 5.74) is 0.958. The number of carbonyl (C=O) groups excluding carboxylic acids is 1. The third-order valence-electron chi connectivity index (χ3n) is 5.54. The van der Waals surface area contributed by atoms with Crippen molar-refractivity contribution in [1.29, 1.82) is 0 Å². The maximum Gasteiger partial charge on any atom is 0.333 e. The van der Waals surface area contributed by atoms with Gasteiger partial charge in [0.25, 0.3) is 5.56 Å². The molecule has 0 unspecified atom stereocenters. The summed E-state index contributed by atoms with van der Waals surface area (Å²) >= 11 is 6.04. The van der Waals surface area contributed by atoms with Crippen LogP contribution in [0.15, 0.2) is 59.4 Å². The number of hydrogen-bond donors (Lipinski definition) is 1. The van der Waals surface area contributed by atoms with Gasteiger partial charge in [-0.15, -0.1) is 10.2 Å². The number of halogens is 1. The fraction of sp³-hybridized carbons (Fsp3) is 0.217. The second-order valence-electron chi connectivity index (χ2n) is 7.60. The maximum absolute atomic E-state index is 13.5. The number of nitrogens with one attached hydrogen (secondary N) is 1. The molecule has 31 heavy (non-hydrogen) atoms. The number of pyridine rings is 1. The second-order valence-corrected chi connectivity index (χ2v) is 8.04. The van der Waals surface area contributed by atoms with Crippen molar-refractivity contribution in [1.82, 2.24) is 19.3 Å². The highest BCUT2D eigenvalue weighted by molar-refractivity contribution is 6.30. The van der Waals surface area contributed by atoms with E-state index in [1.165, 1.54) is 0 Å².